The summed E-state index contributed by atoms with van der Waals surface area (Å²) >= 11 is 0. The fourth-order valence-electron chi connectivity index (χ4n) is 3.64. The summed E-state index contributed by atoms with van der Waals surface area (Å²) in [5.74, 6) is 0.866. The minimum Gasteiger partial charge on any atom is -0.492 e. The molecule has 0 fully saturated rings. The highest BCUT2D eigenvalue weighted by Crippen LogP contribution is 2.34. The van der Waals surface area contributed by atoms with Crippen molar-refractivity contribution >= 4 is 21.6 Å². The van der Waals surface area contributed by atoms with Crippen LogP contribution in [0.15, 0.2) is 103 Å². The summed E-state index contributed by atoms with van der Waals surface area (Å²) in [5.41, 5.74) is 1.53. The lowest BCUT2D eigenvalue weighted by Crippen LogP contribution is -2.30. The van der Waals surface area contributed by atoms with Crippen molar-refractivity contribution in [3.63, 3.8) is 0 Å². The lowest BCUT2D eigenvalue weighted by Gasteiger charge is -2.25. The van der Waals surface area contributed by atoms with Gasteiger partial charge in [-0.2, -0.15) is 0 Å². The highest BCUT2D eigenvalue weighted by molar-refractivity contribution is 7.92. The molecule has 0 radical (unpaired) electrons. The van der Waals surface area contributed by atoms with Gasteiger partial charge in [0.25, 0.3) is 5.91 Å². The Kier molecular flexibility index (Phi) is 8.60. The number of anilines is 1. The molecule has 0 aliphatic rings. The number of para-hydroxylation sites is 3. The Morgan fingerprint density at radius 3 is 2.18 bits per heavy atom. The maximum Gasteiger partial charge on any atom is 0.251 e. The van der Waals surface area contributed by atoms with Crippen LogP contribution in [0.3, 0.4) is 0 Å². The molecule has 0 atom stereocenters. The number of hydrogen-bond acceptors (Lipinski definition) is 5. The molecule has 9 heteroatoms. The molecule has 196 valence electrons. The van der Waals surface area contributed by atoms with Gasteiger partial charge in [0.05, 0.1) is 25.0 Å². The van der Waals surface area contributed by atoms with Gasteiger partial charge in [0.2, 0.25) is 10.0 Å². The molecule has 38 heavy (non-hydrogen) atoms. The SMILES string of the molecule is CS(=O)(=O)N(Cc1ccc(C(=O)NCCOc2ccc(F)cc2)cc1)c1ccccc1Oc1ccccc1. The molecule has 1 N–H and O–H groups in total. The van der Waals surface area contributed by atoms with Crippen LogP contribution in [0.4, 0.5) is 10.1 Å². The van der Waals surface area contributed by atoms with Crippen LogP contribution in [0, 0.1) is 5.82 Å². The van der Waals surface area contributed by atoms with E-state index in [0.717, 1.165) is 6.26 Å². The van der Waals surface area contributed by atoms with Gasteiger partial charge >= 0.3 is 0 Å². The van der Waals surface area contributed by atoms with Gasteiger partial charge in [-0.3, -0.25) is 9.10 Å². The Hall–Kier alpha value is -4.37. The number of hydrogen-bond donors (Lipinski definition) is 1. The molecule has 4 aromatic rings. The third-order valence-electron chi connectivity index (χ3n) is 5.52. The molecule has 0 aliphatic carbocycles. The van der Waals surface area contributed by atoms with Crippen molar-refractivity contribution in [2.75, 3.05) is 23.7 Å². The summed E-state index contributed by atoms with van der Waals surface area (Å²) in [6.07, 6.45) is 1.14. The number of ether oxygens (including phenoxy) is 2. The first-order valence-corrected chi connectivity index (χ1v) is 13.7. The van der Waals surface area contributed by atoms with E-state index in [-0.39, 0.29) is 31.4 Å². The summed E-state index contributed by atoms with van der Waals surface area (Å²) in [4.78, 5) is 12.5. The van der Waals surface area contributed by atoms with Gasteiger partial charge in [0.15, 0.2) is 5.75 Å². The molecule has 0 aliphatic heterocycles. The van der Waals surface area contributed by atoms with Crippen LogP contribution in [0.25, 0.3) is 0 Å². The second-order valence-electron chi connectivity index (χ2n) is 8.41. The van der Waals surface area contributed by atoms with Gasteiger partial charge < -0.3 is 14.8 Å². The standard InChI is InChI=1S/C29H27FN2O5S/c1-38(34,35)32(27-9-5-6-10-28(27)37-26-7-3-2-4-8-26)21-22-11-13-23(14-12-22)29(33)31-19-20-36-25-17-15-24(30)16-18-25/h2-18H,19-21H2,1H3,(H,31,33). The second kappa shape index (κ2) is 12.2. The fraction of sp³-hybridized carbons (Fsp3) is 0.138. The van der Waals surface area contributed by atoms with E-state index in [1.54, 1.807) is 60.7 Å². The fourth-order valence-corrected chi connectivity index (χ4v) is 4.53. The van der Waals surface area contributed by atoms with Crippen molar-refractivity contribution in [3.8, 4) is 17.2 Å². The summed E-state index contributed by atoms with van der Waals surface area (Å²) in [5, 5.41) is 2.76. The van der Waals surface area contributed by atoms with Crippen LogP contribution >= 0.6 is 0 Å². The Morgan fingerprint density at radius 2 is 1.50 bits per heavy atom. The highest BCUT2D eigenvalue weighted by atomic mass is 32.2. The summed E-state index contributed by atoms with van der Waals surface area (Å²) in [6.45, 7) is 0.544. The monoisotopic (exact) mass is 534 g/mol. The van der Waals surface area contributed by atoms with Crippen LogP contribution in [0.2, 0.25) is 0 Å². The number of rotatable bonds is 11. The number of nitrogens with one attached hydrogen (secondary N) is 1. The normalized spacial score (nSPS) is 11.0. The Labute approximate surface area is 221 Å². The van der Waals surface area contributed by atoms with E-state index >= 15 is 0 Å². The molecule has 4 rings (SSSR count). The van der Waals surface area contributed by atoms with Gasteiger partial charge in [0.1, 0.15) is 23.9 Å². The number of carbonyl (C=O) groups excluding carboxylic acids is 1. The minimum absolute atomic E-state index is 0.0569. The number of sulfonamides is 1. The summed E-state index contributed by atoms with van der Waals surface area (Å²) < 4.78 is 51.2. The smallest absolute Gasteiger partial charge is 0.251 e. The largest absolute Gasteiger partial charge is 0.492 e. The van der Waals surface area contributed by atoms with Gasteiger partial charge in [-0.1, -0.05) is 42.5 Å². The van der Waals surface area contributed by atoms with Crippen LogP contribution in [0.1, 0.15) is 15.9 Å². The zero-order chi connectivity index (χ0) is 27.0. The lowest BCUT2D eigenvalue weighted by molar-refractivity contribution is 0.0947. The lowest BCUT2D eigenvalue weighted by atomic mass is 10.1. The zero-order valence-corrected chi connectivity index (χ0v) is 21.5. The molecule has 0 saturated carbocycles. The molecule has 0 spiro atoms. The van der Waals surface area contributed by atoms with Crippen LogP contribution in [0.5, 0.6) is 17.2 Å². The summed E-state index contributed by atoms with van der Waals surface area (Å²) in [6, 6.07) is 28.4. The molecular weight excluding hydrogens is 507 g/mol. The van der Waals surface area contributed by atoms with E-state index in [1.807, 2.05) is 18.2 Å². The molecule has 0 heterocycles. The average molecular weight is 535 g/mol. The Bertz CT molecular complexity index is 1460. The quantitative estimate of drug-likeness (QED) is 0.261. The number of halogens is 1. The molecule has 0 bridgehead atoms. The van der Waals surface area contributed by atoms with Crippen LogP contribution in [-0.4, -0.2) is 33.7 Å². The first-order valence-electron chi connectivity index (χ1n) is 11.8. The van der Waals surface area contributed by atoms with Crippen molar-refractivity contribution in [1.82, 2.24) is 5.32 Å². The average Bonchev–Trinajstić information content (AvgIpc) is 2.91. The molecule has 1 amide bonds. The van der Waals surface area contributed by atoms with Gasteiger partial charge in [-0.25, -0.2) is 12.8 Å². The van der Waals surface area contributed by atoms with Gasteiger partial charge in [0, 0.05) is 5.56 Å². The van der Waals surface area contributed by atoms with E-state index < -0.39 is 10.0 Å². The number of nitrogens with zero attached hydrogens (tertiary/aromatic N) is 1. The first kappa shape index (κ1) is 26.7. The highest BCUT2D eigenvalue weighted by Gasteiger charge is 2.22. The maximum absolute atomic E-state index is 13.0. The van der Waals surface area contributed by atoms with E-state index in [0.29, 0.717) is 34.1 Å². The molecule has 0 unspecified atom stereocenters. The van der Waals surface area contributed by atoms with E-state index in [1.165, 1.54) is 28.6 Å². The van der Waals surface area contributed by atoms with Crippen molar-refractivity contribution in [2.45, 2.75) is 6.54 Å². The molecule has 0 saturated heterocycles. The Balaban J connectivity index is 1.40. The van der Waals surface area contributed by atoms with Crippen molar-refractivity contribution < 1.29 is 27.1 Å². The third-order valence-corrected chi connectivity index (χ3v) is 6.64. The molecule has 4 aromatic carbocycles. The minimum atomic E-state index is -3.66. The number of benzene rings is 4. The van der Waals surface area contributed by atoms with Crippen molar-refractivity contribution in [2.24, 2.45) is 0 Å². The van der Waals surface area contributed by atoms with Gasteiger partial charge in [-0.15, -0.1) is 0 Å². The van der Waals surface area contributed by atoms with Crippen molar-refractivity contribution in [1.29, 1.82) is 0 Å². The maximum atomic E-state index is 13.0. The first-order chi connectivity index (χ1) is 18.3. The number of amides is 1. The van der Waals surface area contributed by atoms with Gasteiger partial charge in [-0.05, 0) is 66.2 Å². The third kappa shape index (κ3) is 7.33. The van der Waals surface area contributed by atoms with Crippen LogP contribution < -0.4 is 19.1 Å². The van der Waals surface area contributed by atoms with E-state index in [2.05, 4.69) is 5.32 Å². The Morgan fingerprint density at radius 1 is 0.842 bits per heavy atom. The predicted octanol–water partition coefficient (Wildman–Crippen LogP) is 5.39. The molecular formula is C29H27FN2O5S. The predicted molar refractivity (Wildman–Crippen MR) is 145 cm³/mol. The van der Waals surface area contributed by atoms with Crippen molar-refractivity contribution in [3.05, 3.63) is 120 Å². The van der Waals surface area contributed by atoms with Crippen LogP contribution in [-0.2, 0) is 16.6 Å². The topological polar surface area (TPSA) is 84.9 Å². The number of carbonyl (C=O) groups is 1. The molecule has 0 aromatic heterocycles. The van der Waals surface area contributed by atoms with E-state index in [4.69, 9.17) is 9.47 Å². The van der Waals surface area contributed by atoms with E-state index in [9.17, 15) is 17.6 Å². The molecule has 7 nitrogen and oxygen atoms in total. The second-order valence-corrected chi connectivity index (χ2v) is 10.3. The zero-order valence-electron chi connectivity index (χ0n) is 20.7. The summed E-state index contributed by atoms with van der Waals surface area (Å²) in [7, 11) is -3.66.